The smallest absolute Gasteiger partial charge is 0.129 e. The third-order valence-electron chi connectivity index (χ3n) is 4.52. The largest absolute Gasteiger partial charge is 0.380 e. The monoisotopic (exact) mass is 239 g/mol. The maximum absolute atomic E-state index is 11.5. The first-order valence-electron chi connectivity index (χ1n) is 7.00. The number of aldehydes is 1. The zero-order chi connectivity index (χ0) is 12.3. The van der Waals surface area contributed by atoms with E-state index >= 15 is 0 Å². The Morgan fingerprint density at radius 2 is 2.29 bits per heavy atom. The van der Waals surface area contributed by atoms with Crippen molar-refractivity contribution in [1.82, 2.24) is 4.90 Å². The summed E-state index contributed by atoms with van der Waals surface area (Å²) >= 11 is 0. The molecular weight excluding hydrogens is 214 g/mol. The maximum atomic E-state index is 11.5. The summed E-state index contributed by atoms with van der Waals surface area (Å²) in [6, 6.07) is 1.29. The van der Waals surface area contributed by atoms with Crippen LogP contribution in [0.4, 0.5) is 0 Å². The topological polar surface area (TPSA) is 29.5 Å². The van der Waals surface area contributed by atoms with E-state index in [0.29, 0.717) is 18.7 Å². The molecule has 0 bridgehead atoms. The van der Waals surface area contributed by atoms with Crippen molar-refractivity contribution in [3.63, 3.8) is 0 Å². The first-order valence-corrected chi connectivity index (χ1v) is 7.00. The third kappa shape index (κ3) is 2.71. The van der Waals surface area contributed by atoms with Crippen LogP contribution in [0.15, 0.2) is 0 Å². The van der Waals surface area contributed by atoms with Crippen LogP contribution in [0.3, 0.4) is 0 Å². The molecule has 0 radical (unpaired) electrons. The molecule has 2 saturated heterocycles. The number of carbonyl (C=O) groups excluding carboxylic acids is 1. The summed E-state index contributed by atoms with van der Waals surface area (Å²) in [7, 11) is 0. The molecule has 3 atom stereocenters. The predicted molar refractivity (Wildman–Crippen MR) is 68.0 cm³/mol. The zero-order valence-corrected chi connectivity index (χ0v) is 11.2. The van der Waals surface area contributed by atoms with E-state index in [-0.39, 0.29) is 5.41 Å². The highest BCUT2D eigenvalue weighted by molar-refractivity contribution is 5.60. The molecule has 2 rings (SSSR count). The Kier molecular flexibility index (Phi) is 4.21. The van der Waals surface area contributed by atoms with Crippen molar-refractivity contribution in [2.45, 2.75) is 58.0 Å². The van der Waals surface area contributed by atoms with Crippen molar-refractivity contribution in [1.29, 1.82) is 0 Å². The van der Waals surface area contributed by atoms with Crippen LogP contribution in [0.2, 0.25) is 0 Å². The van der Waals surface area contributed by atoms with E-state index < -0.39 is 0 Å². The van der Waals surface area contributed by atoms with Crippen molar-refractivity contribution in [3.8, 4) is 0 Å². The summed E-state index contributed by atoms with van der Waals surface area (Å²) in [5, 5.41) is 0. The van der Waals surface area contributed by atoms with Gasteiger partial charge in [0.1, 0.15) is 6.29 Å². The zero-order valence-electron chi connectivity index (χ0n) is 11.2. The second-order valence-corrected chi connectivity index (χ2v) is 5.80. The second-order valence-electron chi connectivity index (χ2n) is 5.80. The maximum Gasteiger partial charge on any atom is 0.129 e. The van der Waals surface area contributed by atoms with Crippen molar-refractivity contribution in [3.05, 3.63) is 0 Å². The Balaban J connectivity index is 2.03. The summed E-state index contributed by atoms with van der Waals surface area (Å²) < 4.78 is 5.53. The van der Waals surface area contributed by atoms with Gasteiger partial charge in [0.25, 0.3) is 0 Å². The fourth-order valence-corrected chi connectivity index (χ4v) is 3.34. The molecule has 3 nitrogen and oxygen atoms in total. The molecule has 2 aliphatic rings. The molecule has 0 amide bonds. The van der Waals surface area contributed by atoms with E-state index in [0.717, 1.165) is 32.3 Å². The summed E-state index contributed by atoms with van der Waals surface area (Å²) in [4.78, 5) is 14.0. The normalized spacial score (nSPS) is 39.4. The van der Waals surface area contributed by atoms with Gasteiger partial charge in [-0.2, -0.15) is 0 Å². The van der Waals surface area contributed by atoms with E-state index in [1.165, 1.54) is 19.3 Å². The Morgan fingerprint density at radius 1 is 1.47 bits per heavy atom. The van der Waals surface area contributed by atoms with Crippen molar-refractivity contribution in [2.75, 3.05) is 19.8 Å². The standard InChI is InChI=1S/C14H25NO2/c1-3-13-6-5-12(2)15(13)9-14(10-16)7-4-8-17-11-14/h10,12-13H,3-9,11H2,1-2H3. The molecule has 3 heteroatoms. The second kappa shape index (κ2) is 5.49. The molecule has 0 aromatic carbocycles. The van der Waals surface area contributed by atoms with Crippen molar-refractivity contribution in [2.24, 2.45) is 5.41 Å². The summed E-state index contributed by atoms with van der Waals surface area (Å²) in [6.07, 6.45) is 6.93. The fourth-order valence-electron chi connectivity index (χ4n) is 3.34. The van der Waals surface area contributed by atoms with Gasteiger partial charge >= 0.3 is 0 Å². The lowest BCUT2D eigenvalue weighted by molar-refractivity contribution is -0.126. The van der Waals surface area contributed by atoms with E-state index in [2.05, 4.69) is 18.7 Å². The molecule has 0 aromatic rings. The summed E-state index contributed by atoms with van der Waals surface area (Å²) in [5.74, 6) is 0. The highest BCUT2D eigenvalue weighted by Crippen LogP contribution is 2.33. The van der Waals surface area contributed by atoms with Gasteiger partial charge in [0, 0.05) is 25.2 Å². The van der Waals surface area contributed by atoms with E-state index in [1.807, 2.05) is 0 Å². The minimum atomic E-state index is -0.232. The molecule has 2 heterocycles. The highest BCUT2D eigenvalue weighted by Gasteiger charge is 2.39. The molecule has 0 spiro atoms. The molecule has 2 fully saturated rings. The highest BCUT2D eigenvalue weighted by atomic mass is 16.5. The summed E-state index contributed by atoms with van der Waals surface area (Å²) in [5.41, 5.74) is -0.232. The van der Waals surface area contributed by atoms with Crippen LogP contribution < -0.4 is 0 Å². The number of carbonyl (C=O) groups is 1. The van der Waals surface area contributed by atoms with E-state index in [4.69, 9.17) is 4.74 Å². The van der Waals surface area contributed by atoms with Gasteiger partial charge in [0.05, 0.1) is 12.0 Å². The number of hydrogen-bond donors (Lipinski definition) is 0. The molecule has 98 valence electrons. The van der Waals surface area contributed by atoms with Gasteiger partial charge in [-0.15, -0.1) is 0 Å². The van der Waals surface area contributed by atoms with E-state index in [9.17, 15) is 4.79 Å². The number of likely N-dealkylation sites (tertiary alicyclic amines) is 1. The molecule has 17 heavy (non-hydrogen) atoms. The Labute approximate surface area is 105 Å². The van der Waals surface area contributed by atoms with Gasteiger partial charge in [0.2, 0.25) is 0 Å². The molecule has 0 N–H and O–H groups in total. The molecule has 2 aliphatic heterocycles. The number of ether oxygens (including phenoxy) is 1. The van der Waals surface area contributed by atoms with Crippen LogP contribution in [0, 0.1) is 5.41 Å². The lowest BCUT2D eigenvalue weighted by Crippen LogP contribution is -2.47. The molecular formula is C14H25NO2. The van der Waals surface area contributed by atoms with Crippen LogP contribution in [0.5, 0.6) is 0 Å². The Bertz CT molecular complexity index is 261. The van der Waals surface area contributed by atoms with Gasteiger partial charge in [-0.1, -0.05) is 6.92 Å². The van der Waals surface area contributed by atoms with Crippen LogP contribution in [0.25, 0.3) is 0 Å². The lowest BCUT2D eigenvalue weighted by atomic mass is 9.83. The minimum Gasteiger partial charge on any atom is -0.380 e. The van der Waals surface area contributed by atoms with Gasteiger partial charge < -0.3 is 9.53 Å². The van der Waals surface area contributed by atoms with Gasteiger partial charge in [-0.25, -0.2) is 0 Å². The third-order valence-corrected chi connectivity index (χ3v) is 4.52. The summed E-state index contributed by atoms with van der Waals surface area (Å²) in [6.45, 7) is 6.88. The first-order chi connectivity index (χ1) is 8.21. The van der Waals surface area contributed by atoms with Crippen LogP contribution in [0.1, 0.15) is 46.0 Å². The number of hydrogen-bond acceptors (Lipinski definition) is 3. The molecule has 3 unspecified atom stereocenters. The average Bonchev–Trinajstić information content (AvgIpc) is 2.72. The molecule has 0 aromatic heterocycles. The van der Waals surface area contributed by atoms with Crippen LogP contribution >= 0.6 is 0 Å². The SMILES string of the molecule is CCC1CCC(C)N1CC1(C=O)CCCOC1. The Morgan fingerprint density at radius 3 is 2.88 bits per heavy atom. The van der Waals surface area contributed by atoms with Gasteiger partial charge in [-0.05, 0) is 39.0 Å². The quantitative estimate of drug-likeness (QED) is 0.705. The number of nitrogens with zero attached hydrogens (tertiary/aromatic N) is 1. The molecule has 0 aliphatic carbocycles. The van der Waals surface area contributed by atoms with E-state index in [1.54, 1.807) is 0 Å². The minimum absolute atomic E-state index is 0.232. The van der Waals surface area contributed by atoms with Gasteiger partial charge in [-0.3, -0.25) is 4.90 Å². The predicted octanol–water partition coefficient (Wildman–Crippen LogP) is 2.25. The first kappa shape index (κ1) is 13.0. The van der Waals surface area contributed by atoms with Crippen LogP contribution in [-0.4, -0.2) is 43.0 Å². The number of rotatable bonds is 4. The van der Waals surface area contributed by atoms with Crippen LogP contribution in [-0.2, 0) is 9.53 Å². The van der Waals surface area contributed by atoms with Crippen molar-refractivity contribution < 1.29 is 9.53 Å². The van der Waals surface area contributed by atoms with Crippen molar-refractivity contribution >= 4 is 6.29 Å². The van der Waals surface area contributed by atoms with Gasteiger partial charge in [0.15, 0.2) is 0 Å². The average molecular weight is 239 g/mol. The lowest BCUT2D eigenvalue weighted by Gasteiger charge is -2.39. The fraction of sp³-hybridized carbons (Fsp3) is 0.929. The molecule has 0 saturated carbocycles. The Hall–Kier alpha value is -0.410.